The summed E-state index contributed by atoms with van der Waals surface area (Å²) in [5, 5.41) is 3.19. The lowest BCUT2D eigenvalue weighted by atomic mass is 10.0. The molecule has 0 unspecified atom stereocenters. The molecule has 31 heavy (non-hydrogen) atoms. The number of nitrogens with one attached hydrogen (secondary N) is 1. The standard InChI is InChI=1S/C25H36N4O2/c1-27(2)22-10-8-21(9-11-22)24(29-17-15-28(3)16-18-29)19-26-25(30)14-7-20-5-12-23(31-4)13-6-20/h5-6,8-13,24H,7,14-19H2,1-4H3,(H,26,30)/t24-/m1/s1. The van der Waals surface area contributed by atoms with Gasteiger partial charge in [0.2, 0.25) is 5.91 Å². The van der Waals surface area contributed by atoms with Crippen LogP contribution in [0.15, 0.2) is 48.5 Å². The minimum absolute atomic E-state index is 0.0971. The molecule has 1 heterocycles. The van der Waals surface area contributed by atoms with E-state index in [1.807, 2.05) is 24.3 Å². The molecule has 1 atom stereocenters. The first-order chi connectivity index (χ1) is 15.0. The maximum Gasteiger partial charge on any atom is 0.220 e. The highest BCUT2D eigenvalue weighted by Crippen LogP contribution is 2.24. The zero-order valence-electron chi connectivity index (χ0n) is 19.3. The Kier molecular flexibility index (Phi) is 8.32. The quantitative estimate of drug-likeness (QED) is 0.671. The summed E-state index contributed by atoms with van der Waals surface area (Å²) in [5.74, 6) is 0.934. The van der Waals surface area contributed by atoms with Gasteiger partial charge in [-0.25, -0.2) is 0 Å². The number of methoxy groups -OCH3 is 1. The Bertz CT molecular complexity index is 812. The van der Waals surface area contributed by atoms with Crippen molar-refractivity contribution in [2.75, 3.05) is 65.9 Å². The lowest BCUT2D eigenvalue weighted by Crippen LogP contribution is -2.48. The van der Waals surface area contributed by atoms with Crippen LogP contribution in [0.3, 0.4) is 0 Å². The van der Waals surface area contributed by atoms with Gasteiger partial charge in [-0.3, -0.25) is 9.69 Å². The topological polar surface area (TPSA) is 48.1 Å². The minimum atomic E-state index is 0.0971. The van der Waals surface area contributed by atoms with Gasteiger partial charge in [0.25, 0.3) is 0 Å². The number of anilines is 1. The van der Waals surface area contributed by atoms with Crippen LogP contribution in [0.5, 0.6) is 5.75 Å². The van der Waals surface area contributed by atoms with E-state index in [4.69, 9.17) is 4.74 Å². The second-order valence-electron chi connectivity index (χ2n) is 8.49. The van der Waals surface area contributed by atoms with Crippen molar-refractivity contribution in [2.24, 2.45) is 0 Å². The Morgan fingerprint density at radius 3 is 2.26 bits per heavy atom. The number of likely N-dealkylation sites (N-methyl/N-ethyl adjacent to an activating group) is 1. The molecular weight excluding hydrogens is 388 g/mol. The molecule has 0 radical (unpaired) electrons. The average molecular weight is 425 g/mol. The molecule has 1 aliphatic heterocycles. The van der Waals surface area contributed by atoms with Crippen LogP contribution in [-0.2, 0) is 11.2 Å². The number of benzene rings is 2. The van der Waals surface area contributed by atoms with Crippen molar-refractivity contribution in [1.82, 2.24) is 15.1 Å². The number of piperazine rings is 1. The first kappa shape index (κ1) is 23.1. The van der Waals surface area contributed by atoms with E-state index in [0.29, 0.717) is 13.0 Å². The summed E-state index contributed by atoms with van der Waals surface area (Å²) in [6.45, 7) is 4.76. The molecule has 1 aliphatic rings. The maximum absolute atomic E-state index is 12.6. The molecule has 0 aromatic heterocycles. The summed E-state index contributed by atoms with van der Waals surface area (Å²) in [6.07, 6.45) is 1.22. The van der Waals surface area contributed by atoms with Crippen LogP contribution in [0, 0.1) is 0 Å². The van der Waals surface area contributed by atoms with E-state index in [0.717, 1.165) is 43.9 Å². The second kappa shape index (κ2) is 11.2. The van der Waals surface area contributed by atoms with E-state index in [1.54, 1.807) is 7.11 Å². The number of carbonyl (C=O) groups excluding carboxylic acids is 1. The minimum Gasteiger partial charge on any atom is -0.497 e. The molecule has 0 aliphatic carbocycles. The Balaban J connectivity index is 1.60. The van der Waals surface area contributed by atoms with Gasteiger partial charge in [-0.15, -0.1) is 0 Å². The van der Waals surface area contributed by atoms with Gasteiger partial charge in [0.15, 0.2) is 0 Å². The normalized spacial score (nSPS) is 16.0. The third-order valence-corrected chi connectivity index (χ3v) is 6.07. The predicted molar refractivity (Wildman–Crippen MR) is 127 cm³/mol. The number of hydrogen-bond donors (Lipinski definition) is 1. The molecule has 2 aromatic rings. The highest BCUT2D eigenvalue weighted by molar-refractivity contribution is 5.76. The monoisotopic (exact) mass is 424 g/mol. The van der Waals surface area contributed by atoms with Crippen molar-refractivity contribution >= 4 is 11.6 Å². The zero-order chi connectivity index (χ0) is 22.2. The van der Waals surface area contributed by atoms with E-state index < -0.39 is 0 Å². The van der Waals surface area contributed by atoms with Crippen LogP contribution in [-0.4, -0.2) is 76.7 Å². The Morgan fingerprint density at radius 1 is 1.03 bits per heavy atom. The van der Waals surface area contributed by atoms with Gasteiger partial charge in [0, 0.05) is 58.9 Å². The van der Waals surface area contributed by atoms with Crippen LogP contribution in [0.2, 0.25) is 0 Å². The average Bonchev–Trinajstić information content (AvgIpc) is 2.79. The fourth-order valence-corrected chi connectivity index (χ4v) is 3.93. The van der Waals surface area contributed by atoms with Crippen molar-refractivity contribution in [3.05, 3.63) is 59.7 Å². The third-order valence-electron chi connectivity index (χ3n) is 6.07. The van der Waals surface area contributed by atoms with Crippen LogP contribution < -0.4 is 15.0 Å². The molecule has 168 valence electrons. The Labute approximate surface area is 186 Å². The van der Waals surface area contributed by atoms with E-state index in [1.165, 1.54) is 11.3 Å². The van der Waals surface area contributed by atoms with Gasteiger partial charge in [-0.05, 0) is 48.9 Å². The molecule has 1 saturated heterocycles. The second-order valence-corrected chi connectivity index (χ2v) is 8.49. The van der Waals surface area contributed by atoms with Gasteiger partial charge in [-0.1, -0.05) is 24.3 Å². The molecule has 3 rings (SSSR count). The van der Waals surface area contributed by atoms with Crippen LogP contribution in [0.4, 0.5) is 5.69 Å². The molecular formula is C25H36N4O2. The molecule has 2 aromatic carbocycles. The maximum atomic E-state index is 12.6. The summed E-state index contributed by atoms with van der Waals surface area (Å²) in [5.41, 5.74) is 3.58. The van der Waals surface area contributed by atoms with Gasteiger partial charge in [0.1, 0.15) is 5.75 Å². The molecule has 0 bridgehead atoms. The number of rotatable bonds is 9. The predicted octanol–water partition coefficient (Wildman–Crippen LogP) is 2.80. The largest absolute Gasteiger partial charge is 0.497 e. The molecule has 1 amide bonds. The van der Waals surface area contributed by atoms with Crippen LogP contribution in [0.1, 0.15) is 23.6 Å². The smallest absolute Gasteiger partial charge is 0.220 e. The van der Waals surface area contributed by atoms with Crippen molar-refractivity contribution in [3.63, 3.8) is 0 Å². The summed E-state index contributed by atoms with van der Waals surface area (Å²) >= 11 is 0. The molecule has 0 spiro atoms. The fourth-order valence-electron chi connectivity index (χ4n) is 3.93. The summed E-state index contributed by atoms with van der Waals surface area (Å²) in [7, 11) is 7.93. The highest BCUT2D eigenvalue weighted by Gasteiger charge is 2.24. The van der Waals surface area contributed by atoms with E-state index in [-0.39, 0.29) is 11.9 Å². The summed E-state index contributed by atoms with van der Waals surface area (Å²) in [6, 6.07) is 16.8. The molecule has 6 heteroatoms. The molecule has 6 nitrogen and oxygen atoms in total. The number of amides is 1. The fraction of sp³-hybridized carbons (Fsp3) is 0.480. The van der Waals surface area contributed by atoms with Crippen molar-refractivity contribution in [2.45, 2.75) is 18.9 Å². The van der Waals surface area contributed by atoms with E-state index in [9.17, 15) is 4.79 Å². The first-order valence-electron chi connectivity index (χ1n) is 11.1. The van der Waals surface area contributed by atoms with Crippen molar-refractivity contribution in [3.8, 4) is 5.75 Å². The number of nitrogens with zero attached hydrogens (tertiary/aromatic N) is 3. The Hall–Kier alpha value is -2.57. The summed E-state index contributed by atoms with van der Waals surface area (Å²) in [4.78, 5) is 19.5. The Morgan fingerprint density at radius 2 is 1.68 bits per heavy atom. The van der Waals surface area contributed by atoms with Crippen molar-refractivity contribution < 1.29 is 9.53 Å². The van der Waals surface area contributed by atoms with Gasteiger partial charge < -0.3 is 19.9 Å². The molecule has 1 N–H and O–H groups in total. The van der Waals surface area contributed by atoms with E-state index >= 15 is 0 Å². The summed E-state index contributed by atoms with van der Waals surface area (Å²) < 4.78 is 5.20. The number of carbonyl (C=O) groups is 1. The highest BCUT2D eigenvalue weighted by atomic mass is 16.5. The number of hydrogen-bond acceptors (Lipinski definition) is 5. The molecule has 1 fully saturated rings. The SMILES string of the molecule is COc1ccc(CCC(=O)NC[C@H](c2ccc(N(C)C)cc2)N2CCN(C)CC2)cc1. The number of ether oxygens (including phenoxy) is 1. The van der Waals surface area contributed by atoms with Crippen molar-refractivity contribution in [1.29, 1.82) is 0 Å². The third kappa shape index (κ3) is 6.71. The number of aryl methyl sites for hydroxylation is 1. The first-order valence-corrected chi connectivity index (χ1v) is 11.1. The van der Waals surface area contributed by atoms with Crippen LogP contribution in [0.25, 0.3) is 0 Å². The van der Waals surface area contributed by atoms with Crippen LogP contribution >= 0.6 is 0 Å². The van der Waals surface area contributed by atoms with Gasteiger partial charge in [-0.2, -0.15) is 0 Å². The lowest BCUT2D eigenvalue weighted by Gasteiger charge is -2.38. The van der Waals surface area contributed by atoms with Gasteiger partial charge >= 0.3 is 0 Å². The lowest BCUT2D eigenvalue weighted by molar-refractivity contribution is -0.121. The van der Waals surface area contributed by atoms with E-state index in [2.05, 4.69) is 65.4 Å². The zero-order valence-corrected chi connectivity index (χ0v) is 19.3. The van der Waals surface area contributed by atoms with Gasteiger partial charge in [0.05, 0.1) is 13.2 Å². The molecule has 0 saturated carbocycles.